The number of non-ortho nitro benzene ring substituents is 1. The first kappa shape index (κ1) is 20.3. The Hall–Kier alpha value is -4.40. The van der Waals surface area contributed by atoms with Crippen molar-refractivity contribution in [3.63, 3.8) is 0 Å². The van der Waals surface area contributed by atoms with Crippen molar-refractivity contribution in [2.24, 2.45) is 5.16 Å². The number of hydrogen-bond acceptors (Lipinski definition) is 7. The standard InChI is InChI=1S/C21H15N3O6/c1-14(25)30-22-21(16-5-3-2-4-6-16)17-9-7-15(8-10-17)19-12-11-18(23(26)27)13-20(19)24(28)29/h2-13H,1H3/b22-21+. The number of carbonyl (C=O) groups excluding carboxylic acids is 1. The van der Waals surface area contributed by atoms with Crippen molar-refractivity contribution in [1.82, 2.24) is 0 Å². The first-order chi connectivity index (χ1) is 14.4. The van der Waals surface area contributed by atoms with Gasteiger partial charge in [-0.1, -0.05) is 59.8 Å². The molecular formula is C21H15N3O6. The molecule has 0 amide bonds. The molecule has 0 spiro atoms. The van der Waals surface area contributed by atoms with E-state index in [4.69, 9.17) is 4.84 Å². The molecule has 3 aromatic carbocycles. The molecule has 3 rings (SSSR count). The average molecular weight is 405 g/mol. The quantitative estimate of drug-likeness (QED) is 0.257. The van der Waals surface area contributed by atoms with Crippen LogP contribution >= 0.6 is 0 Å². The highest BCUT2D eigenvalue weighted by molar-refractivity contribution is 6.13. The zero-order chi connectivity index (χ0) is 21.7. The lowest BCUT2D eigenvalue weighted by molar-refractivity contribution is -0.393. The normalized spacial score (nSPS) is 11.0. The minimum absolute atomic E-state index is 0.246. The van der Waals surface area contributed by atoms with Gasteiger partial charge in [0.15, 0.2) is 0 Å². The van der Waals surface area contributed by atoms with Gasteiger partial charge in [0.2, 0.25) is 0 Å². The molecule has 0 unspecified atom stereocenters. The van der Waals surface area contributed by atoms with Crippen LogP contribution in [0.15, 0.2) is 78.0 Å². The number of benzene rings is 3. The second kappa shape index (κ2) is 8.74. The van der Waals surface area contributed by atoms with Crippen molar-refractivity contribution in [2.45, 2.75) is 6.92 Å². The minimum Gasteiger partial charge on any atom is -0.318 e. The van der Waals surface area contributed by atoms with Crippen molar-refractivity contribution in [2.75, 3.05) is 0 Å². The second-order valence-electron chi connectivity index (χ2n) is 6.18. The Morgan fingerprint density at radius 2 is 1.50 bits per heavy atom. The van der Waals surface area contributed by atoms with Gasteiger partial charge in [-0.25, -0.2) is 4.79 Å². The summed E-state index contributed by atoms with van der Waals surface area (Å²) in [6, 6.07) is 19.2. The zero-order valence-electron chi connectivity index (χ0n) is 15.7. The molecule has 0 bridgehead atoms. The van der Waals surface area contributed by atoms with Crippen LogP contribution in [-0.4, -0.2) is 21.5 Å². The Balaban J connectivity index is 2.03. The molecule has 0 fully saturated rings. The molecular weight excluding hydrogens is 390 g/mol. The van der Waals surface area contributed by atoms with Gasteiger partial charge in [0.05, 0.1) is 21.5 Å². The number of nitro benzene ring substituents is 2. The summed E-state index contributed by atoms with van der Waals surface area (Å²) >= 11 is 0. The molecule has 0 aromatic heterocycles. The Morgan fingerprint density at radius 1 is 0.867 bits per heavy atom. The van der Waals surface area contributed by atoms with Gasteiger partial charge >= 0.3 is 5.97 Å². The monoisotopic (exact) mass is 405 g/mol. The van der Waals surface area contributed by atoms with Crippen LogP contribution in [-0.2, 0) is 9.63 Å². The Bertz CT molecular complexity index is 1140. The summed E-state index contributed by atoms with van der Waals surface area (Å²) in [6.07, 6.45) is 0. The van der Waals surface area contributed by atoms with Crippen LogP contribution < -0.4 is 0 Å². The number of nitro groups is 2. The molecule has 0 N–H and O–H groups in total. The van der Waals surface area contributed by atoms with E-state index in [2.05, 4.69) is 5.16 Å². The Morgan fingerprint density at radius 3 is 2.07 bits per heavy atom. The lowest BCUT2D eigenvalue weighted by Crippen LogP contribution is -2.06. The Kier molecular flexibility index (Phi) is 5.92. The second-order valence-corrected chi connectivity index (χ2v) is 6.18. The number of rotatable bonds is 6. The molecule has 0 heterocycles. The highest BCUT2D eigenvalue weighted by Gasteiger charge is 2.20. The number of nitrogens with zero attached hydrogens (tertiary/aromatic N) is 3. The van der Waals surface area contributed by atoms with E-state index in [0.29, 0.717) is 22.4 Å². The number of hydrogen-bond donors (Lipinski definition) is 0. The van der Waals surface area contributed by atoms with Crippen molar-refractivity contribution in [3.8, 4) is 11.1 Å². The summed E-state index contributed by atoms with van der Waals surface area (Å²) < 4.78 is 0. The van der Waals surface area contributed by atoms with Gasteiger partial charge in [-0.15, -0.1) is 0 Å². The van der Waals surface area contributed by atoms with E-state index in [1.54, 1.807) is 36.4 Å². The molecule has 0 atom stereocenters. The van der Waals surface area contributed by atoms with E-state index in [0.717, 1.165) is 6.07 Å². The summed E-state index contributed by atoms with van der Waals surface area (Å²) in [6.45, 7) is 1.24. The van der Waals surface area contributed by atoms with E-state index >= 15 is 0 Å². The highest BCUT2D eigenvalue weighted by atomic mass is 16.7. The molecule has 9 nitrogen and oxygen atoms in total. The summed E-state index contributed by atoms with van der Waals surface area (Å²) in [7, 11) is 0. The van der Waals surface area contributed by atoms with E-state index in [1.165, 1.54) is 19.1 Å². The fourth-order valence-electron chi connectivity index (χ4n) is 2.81. The van der Waals surface area contributed by atoms with Crippen molar-refractivity contribution < 1.29 is 19.5 Å². The van der Waals surface area contributed by atoms with Crippen LogP contribution in [0.1, 0.15) is 18.1 Å². The van der Waals surface area contributed by atoms with Crippen LogP contribution in [0.4, 0.5) is 11.4 Å². The molecule has 0 saturated heterocycles. The van der Waals surface area contributed by atoms with Crippen LogP contribution in [0, 0.1) is 20.2 Å². The van der Waals surface area contributed by atoms with Gasteiger partial charge in [0.1, 0.15) is 5.71 Å². The third kappa shape index (κ3) is 4.53. The molecule has 150 valence electrons. The third-order valence-electron chi connectivity index (χ3n) is 4.17. The summed E-state index contributed by atoms with van der Waals surface area (Å²) in [5.41, 5.74) is 1.77. The van der Waals surface area contributed by atoms with E-state index < -0.39 is 15.8 Å². The SMILES string of the molecule is CC(=O)O/N=C(\c1ccccc1)c1ccc(-c2ccc([N+](=O)[O-])cc2[N+](=O)[O-])cc1. The topological polar surface area (TPSA) is 125 Å². The number of oxime groups is 1. The van der Waals surface area contributed by atoms with Gasteiger partial charge in [0.25, 0.3) is 11.4 Å². The lowest BCUT2D eigenvalue weighted by atomic mass is 9.98. The van der Waals surface area contributed by atoms with Crippen LogP contribution in [0.5, 0.6) is 0 Å². The molecule has 0 aliphatic carbocycles. The zero-order valence-corrected chi connectivity index (χ0v) is 15.7. The van der Waals surface area contributed by atoms with Crippen molar-refractivity contribution >= 4 is 23.1 Å². The van der Waals surface area contributed by atoms with E-state index in [1.807, 2.05) is 18.2 Å². The van der Waals surface area contributed by atoms with E-state index in [9.17, 15) is 25.0 Å². The maximum absolute atomic E-state index is 11.4. The first-order valence-electron chi connectivity index (χ1n) is 8.71. The predicted octanol–water partition coefficient (Wildman–Crippen LogP) is 4.49. The van der Waals surface area contributed by atoms with Gasteiger partial charge in [-0.2, -0.15) is 0 Å². The summed E-state index contributed by atoms with van der Waals surface area (Å²) in [4.78, 5) is 37.0. The predicted molar refractivity (Wildman–Crippen MR) is 109 cm³/mol. The van der Waals surface area contributed by atoms with Crippen molar-refractivity contribution in [3.05, 3.63) is 104 Å². The fraction of sp³-hybridized carbons (Fsp3) is 0.0476. The first-order valence-corrected chi connectivity index (χ1v) is 8.71. The molecule has 3 aromatic rings. The highest BCUT2D eigenvalue weighted by Crippen LogP contribution is 2.33. The van der Waals surface area contributed by atoms with Crippen LogP contribution in [0.3, 0.4) is 0 Å². The average Bonchev–Trinajstić information content (AvgIpc) is 2.74. The lowest BCUT2D eigenvalue weighted by Gasteiger charge is -2.08. The maximum Gasteiger partial charge on any atom is 0.332 e. The molecule has 30 heavy (non-hydrogen) atoms. The minimum atomic E-state index is -0.683. The molecule has 0 saturated carbocycles. The van der Waals surface area contributed by atoms with E-state index in [-0.39, 0.29) is 16.9 Å². The molecule has 9 heteroatoms. The molecule has 0 radical (unpaired) electrons. The largest absolute Gasteiger partial charge is 0.332 e. The third-order valence-corrected chi connectivity index (χ3v) is 4.17. The van der Waals surface area contributed by atoms with Gasteiger partial charge in [-0.05, 0) is 11.6 Å². The van der Waals surface area contributed by atoms with Crippen molar-refractivity contribution in [1.29, 1.82) is 0 Å². The Labute approximate surface area is 170 Å². The summed E-state index contributed by atoms with van der Waals surface area (Å²) in [5.74, 6) is -0.568. The smallest absolute Gasteiger partial charge is 0.318 e. The van der Waals surface area contributed by atoms with Crippen LogP contribution in [0.2, 0.25) is 0 Å². The van der Waals surface area contributed by atoms with Crippen LogP contribution in [0.25, 0.3) is 11.1 Å². The van der Waals surface area contributed by atoms with Gasteiger partial charge in [-0.3, -0.25) is 20.2 Å². The van der Waals surface area contributed by atoms with Gasteiger partial charge in [0, 0.05) is 24.1 Å². The fourth-order valence-corrected chi connectivity index (χ4v) is 2.81. The molecule has 0 aliphatic rings. The maximum atomic E-state index is 11.4. The molecule has 0 aliphatic heterocycles. The van der Waals surface area contributed by atoms with Gasteiger partial charge < -0.3 is 4.84 Å². The number of carbonyl (C=O) groups is 1. The summed E-state index contributed by atoms with van der Waals surface area (Å²) in [5, 5.41) is 26.2.